The fourth-order valence-corrected chi connectivity index (χ4v) is 4.68. The maximum atomic E-state index is 5.71. The van der Waals surface area contributed by atoms with E-state index >= 15 is 0 Å². The molecule has 2 N–H and O–H groups in total. The highest BCUT2D eigenvalue weighted by molar-refractivity contribution is 5.55. The zero-order valence-corrected chi connectivity index (χ0v) is 19.0. The van der Waals surface area contributed by atoms with Crippen molar-refractivity contribution in [2.24, 2.45) is 5.92 Å². The van der Waals surface area contributed by atoms with Crippen LogP contribution in [-0.4, -0.2) is 48.1 Å². The summed E-state index contributed by atoms with van der Waals surface area (Å²) in [7, 11) is 0. The van der Waals surface area contributed by atoms with E-state index < -0.39 is 5.41 Å². The van der Waals surface area contributed by atoms with Gasteiger partial charge in [-0.15, -0.1) is 0 Å². The summed E-state index contributed by atoms with van der Waals surface area (Å²) in [5, 5.41) is 8.95. The summed E-state index contributed by atoms with van der Waals surface area (Å²) in [5.74, 6) is 1.98. The van der Waals surface area contributed by atoms with E-state index in [9.17, 15) is 0 Å². The first-order valence-corrected chi connectivity index (χ1v) is 11.6. The Balaban J connectivity index is 1.28. The molecule has 34 heavy (non-hydrogen) atoms. The second kappa shape index (κ2) is 8.28. The molecule has 1 atom stereocenters. The van der Waals surface area contributed by atoms with Gasteiger partial charge in [-0.25, -0.2) is 9.97 Å². The number of nitrogens with zero attached hydrogens (tertiary/aromatic N) is 7. The standard InChI is InChI=1S/C24H26N8O2/c1-24(16-2-3-16,17-4-5-19(26-11-17)20-12-28-21(25)13-27-20)23-30-22(34-31-23)15-10-29-32(14-15)18-6-8-33-9-7-18/h4-5,10-14,16,18H,2-3,6-9H2,1H3,(H2,25,28)/t24-/m1/s1. The van der Waals surface area contributed by atoms with E-state index in [1.807, 2.05) is 23.1 Å². The summed E-state index contributed by atoms with van der Waals surface area (Å²) in [4.78, 5) is 17.9. The molecule has 4 aromatic heterocycles. The Kier molecular flexibility index (Phi) is 5.09. The molecule has 0 unspecified atom stereocenters. The molecule has 6 rings (SSSR count). The maximum absolute atomic E-state index is 5.71. The second-order valence-corrected chi connectivity index (χ2v) is 9.21. The smallest absolute Gasteiger partial charge is 0.261 e. The zero-order valence-electron chi connectivity index (χ0n) is 19.0. The second-order valence-electron chi connectivity index (χ2n) is 9.21. The largest absolute Gasteiger partial charge is 0.382 e. The van der Waals surface area contributed by atoms with Gasteiger partial charge in [0.1, 0.15) is 11.5 Å². The van der Waals surface area contributed by atoms with Crippen molar-refractivity contribution in [2.75, 3.05) is 18.9 Å². The van der Waals surface area contributed by atoms with Gasteiger partial charge in [0.2, 0.25) is 0 Å². The molecule has 1 aliphatic carbocycles. The topological polar surface area (TPSA) is 131 Å². The monoisotopic (exact) mass is 458 g/mol. The molecule has 10 nitrogen and oxygen atoms in total. The average Bonchev–Trinajstić information content (AvgIpc) is 3.41. The summed E-state index contributed by atoms with van der Waals surface area (Å²) in [5.41, 5.74) is 8.55. The first kappa shape index (κ1) is 20.9. The lowest BCUT2D eigenvalue weighted by molar-refractivity contribution is 0.0662. The minimum Gasteiger partial charge on any atom is -0.382 e. The maximum Gasteiger partial charge on any atom is 0.261 e. The van der Waals surface area contributed by atoms with E-state index in [4.69, 9.17) is 20.0 Å². The van der Waals surface area contributed by atoms with Gasteiger partial charge in [-0.2, -0.15) is 10.1 Å². The Morgan fingerprint density at radius 3 is 2.50 bits per heavy atom. The molecule has 1 saturated carbocycles. The first-order chi connectivity index (χ1) is 16.6. The number of ether oxygens (including phenoxy) is 1. The van der Waals surface area contributed by atoms with Crippen molar-refractivity contribution in [3.63, 3.8) is 0 Å². The lowest BCUT2D eigenvalue weighted by Crippen LogP contribution is -2.28. The molecule has 10 heteroatoms. The van der Waals surface area contributed by atoms with Gasteiger partial charge in [-0.1, -0.05) is 11.2 Å². The highest BCUT2D eigenvalue weighted by atomic mass is 16.5. The molecule has 0 aromatic carbocycles. The van der Waals surface area contributed by atoms with Crippen molar-refractivity contribution in [3.8, 4) is 22.8 Å². The molecule has 2 aliphatic rings. The van der Waals surface area contributed by atoms with Gasteiger partial charge in [0, 0.05) is 25.6 Å². The Morgan fingerprint density at radius 1 is 0.971 bits per heavy atom. The summed E-state index contributed by atoms with van der Waals surface area (Å²) in [6, 6.07) is 4.37. The van der Waals surface area contributed by atoms with Crippen LogP contribution in [0.1, 0.15) is 50.0 Å². The summed E-state index contributed by atoms with van der Waals surface area (Å²) >= 11 is 0. The van der Waals surface area contributed by atoms with Gasteiger partial charge < -0.3 is 15.0 Å². The fraction of sp³-hybridized carbons (Fsp3) is 0.417. The van der Waals surface area contributed by atoms with Crippen LogP contribution in [0.2, 0.25) is 0 Å². The number of nitrogen functional groups attached to an aromatic ring is 1. The van der Waals surface area contributed by atoms with Crippen LogP contribution in [0, 0.1) is 5.92 Å². The van der Waals surface area contributed by atoms with Crippen molar-refractivity contribution in [1.29, 1.82) is 0 Å². The lowest BCUT2D eigenvalue weighted by Gasteiger charge is -2.26. The van der Waals surface area contributed by atoms with E-state index in [-0.39, 0.29) is 0 Å². The fourth-order valence-electron chi connectivity index (χ4n) is 4.68. The molecule has 0 bridgehead atoms. The Hall–Kier alpha value is -3.66. The van der Waals surface area contributed by atoms with Gasteiger partial charge in [0.05, 0.1) is 41.3 Å². The van der Waals surface area contributed by atoms with Crippen LogP contribution in [0.5, 0.6) is 0 Å². The van der Waals surface area contributed by atoms with E-state index in [1.54, 1.807) is 12.4 Å². The van der Waals surface area contributed by atoms with Crippen LogP contribution >= 0.6 is 0 Å². The van der Waals surface area contributed by atoms with Gasteiger partial charge >= 0.3 is 0 Å². The van der Waals surface area contributed by atoms with E-state index in [0.717, 1.165) is 55.7 Å². The van der Waals surface area contributed by atoms with Crippen LogP contribution in [0.4, 0.5) is 5.82 Å². The quantitative estimate of drug-likeness (QED) is 0.461. The van der Waals surface area contributed by atoms with Gasteiger partial charge in [-0.3, -0.25) is 9.67 Å². The number of aromatic nitrogens is 7. The Bertz CT molecular complexity index is 1270. The SMILES string of the molecule is C[C@@](c1ccc(-c2cnc(N)cn2)nc1)(c1noc(-c2cnn(C3CCOCC3)c2)n1)C1CC1. The van der Waals surface area contributed by atoms with Gasteiger partial charge in [-0.05, 0) is 50.2 Å². The molecule has 0 spiro atoms. The molecule has 1 aliphatic heterocycles. The number of hydrogen-bond donors (Lipinski definition) is 1. The van der Waals surface area contributed by atoms with Gasteiger partial charge in [0.15, 0.2) is 5.82 Å². The summed E-state index contributed by atoms with van der Waals surface area (Å²) in [6.45, 7) is 3.70. The predicted octanol–water partition coefficient (Wildman–Crippen LogP) is 3.43. The van der Waals surface area contributed by atoms with Crippen molar-refractivity contribution in [3.05, 3.63) is 54.5 Å². The molecule has 5 heterocycles. The molecule has 174 valence electrons. The first-order valence-electron chi connectivity index (χ1n) is 11.6. The van der Waals surface area contributed by atoms with Crippen molar-refractivity contribution < 1.29 is 9.26 Å². The zero-order chi connectivity index (χ0) is 23.1. The lowest BCUT2D eigenvalue weighted by atomic mass is 9.77. The molecule has 4 aromatic rings. The van der Waals surface area contributed by atoms with Crippen molar-refractivity contribution in [2.45, 2.75) is 44.1 Å². The molecule has 0 amide bonds. The van der Waals surface area contributed by atoms with E-state index in [1.165, 1.54) is 6.20 Å². The van der Waals surface area contributed by atoms with Crippen LogP contribution in [0.15, 0.2) is 47.6 Å². The van der Waals surface area contributed by atoms with E-state index in [2.05, 4.69) is 38.2 Å². The molecular weight excluding hydrogens is 432 g/mol. The minimum absolute atomic E-state index is 0.344. The third-order valence-electron chi connectivity index (χ3n) is 7.00. The van der Waals surface area contributed by atoms with E-state index in [0.29, 0.717) is 35.2 Å². The Labute approximate surface area is 196 Å². The Morgan fingerprint density at radius 2 is 1.79 bits per heavy atom. The summed E-state index contributed by atoms with van der Waals surface area (Å²) in [6.07, 6.45) is 13.0. The summed E-state index contributed by atoms with van der Waals surface area (Å²) < 4.78 is 13.2. The molecule has 2 fully saturated rings. The van der Waals surface area contributed by atoms with Crippen LogP contribution < -0.4 is 5.73 Å². The van der Waals surface area contributed by atoms with Crippen molar-refractivity contribution >= 4 is 5.82 Å². The highest BCUT2D eigenvalue weighted by Gasteiger charge is 2.47. The van der Waals surface area contributed by atoms with Crippen LogP contribution in [0.25, 0.3) is 22.8 Å². The number of anilines is 1. The predicted molar refractivity (Wildman–Crippen MR) is 123 cm³/mol. The number of rotatable bonds is 6. The number of pyridine rings is 1. The third kappa shape index (κ3) is 3.73. The van der Waals surface area contributed by atoms with Crippen molar-refractivity contribution in [1.82, 2.24) is 34.9 Å². The number of nitrogens with two attached hydrogens (primary N) is 1. The molecular formula is C24H26N8O2. The highest BCUT2D eigenvalue weighted by Crippen LogP contribution is 2.50. The number of hydrogen-bond acceptors (Lipinski definition) is 9. The van der Waals surface area contributed by atoms with Crippen LogP contribution in [-0.2, 0) is 10.2 Å². The molecule has 0 radical (unpaired) electrons. The normalized spacial score (nSPS) is 18.6. The molecule has 1 saturated heterocycles. The van der Waals surface area contributed by atoms with Crippen LogP contribution in [0.3, 0.4) is 0 Å². The average molecular weight is 459 g/mol. The minimum atomic E-state index is -0.392. The third-order valence-corrected chi connectivity index (χ3v) is 7.00. The van der Waals surface area contributed by atoms with Gasteiger partial charge in [0.25, 0.3) is 5.89 Å².